The van der Waals surface area contributed by atoms with E-state index < -0.39 is 0 Å². The molecule has 24 heavy (non-hydrogen) atoms. The first-order valence-electron chi connectivity index (χ1n) is 6.61. The molecule has 124 valence electrons. The lowest BCUT2D eigenvalue weighted by Crippen LogP contribution is -1.99. The van der Waals surface area contributed by atoms with E-state index in [1.807, 2.05) is 0 Å². The van der Waals surface area contributed by atoms with Gasteiger partial charge in [-0.15, -0.1) is 5.10 Å². The second-order valence-corrected chi connectivity index (χ2v) is 6.55. The van der Waals surface area contributed by atoms with E-state index in [4.69, 9.17) is 52.1 Å². The number of nitrogens with zero attached hydrogens (tertiary/aromatic N) is 2. The van der Waals surface area contributed by atoms with Gasteiger partial charge in [-0.2, -0.15) is 0 Å². The third-order valence-corrected chi connectivity index (χ3v) is 4.27. The van der Waals surface area contributed by atoms with Crippen LogP contribution in [0.3, 0.4) is 0 Å². The first-order valence-corrected chi connectivity index (χ1v) is 8.12. The predicted molar refractivity (Wildman–Crippen MR) is 99.4 cm³/mol. The van der Waals surface area contributed by atoms with Gasteiger partial charge in [0.15, 0.2) is 11.6 Å². The molecule has 0 bridgehead atoms. The Morgan fingerprint density at radius 2 is 1.67 bits per heavy atom. The molecule has 0 spiro atoms. The molecule has 0 atom stereocenters. The lowest BCUT2D eigenvalue weighted by Gasteiger charge is -2.08. The maximum Gasteiger partial charge on any atom is 0.195 e. The standard InChI is InChI=1S/C15H10Cl4N4O/c16-7-3-10(18)14(11(19)4-7)23-6-13(24)15(22-23)21-12-5-8(20)1-2-9(12)17/h1-6,24H,20H2,(H,21,22). The summed E-state index contributed by atoms with van der Waals surface area (Å²) in [5.41, 5.74) is 7.15. The van der Waals surface area contributed by atoms with Gasteiger partial charge >= 0.3 is 0 Å². The van der Waals surface area contributed by atoms with Crippen molar-refractivity contribution in [3.05, 3.63) is 56.6 Å². The van der Waals surface area contributed by atoms with Crippen LogP contribution in [0.5, 0.6) is 5.75 Å². The molecule has 1 aromatic heterocycles. The molecule has 3 aromatic rings. The number of nitrogens with two attached hydrogens (primary N) is 1. The van der Waals surface area contributed by atoms with Crippen molar-refractivity contribution in [3.8, 4) is 11.4 Å². The van der Waals surface area contributed by atoms with Gasteiger partial charge in [0, 0.05) is 10.7 Å². The van der Waals surface area contributed by atoms with Gasteiger partial charge in [-0.25, -0.2) is 4.68 Å². The molecule has 0 unspecified atom stereocenters. The molecule has 0 saturated carbocycles. The molecule has 0 amide bonds. The number of halogens is 4. The number of rotatable bonds is 3. The maximum atomic E-state index is 10.1. The zero-order valence-corrected chi connectivity index (χ0v) is 14.9. The fourth-order valence-electron chi connectivity index (χ4n) is 2.09. The summed E-state index contributed by atoms with van der Waals surface area (Å²) in [4.78, 5) is 0. The molecule has 0 fully saturated rings. The fourth-order valence-corrected chi connectivity index (χ4v) is 3.24. The van der Waals surface area contributed by atoms with E-state index in [0.717, 1.165) is 0 Å². The summed E-state index contributed by atoms with van der Waals surface area (Å²) >= 11 is 24.3. The Balaban J connectivity index is 2.01. The Hall–Kier alpha value is -1.79. The van der Waals surface area contributed by atoms with E-state index in [1.54, 1.807) is 18.2 Å². The maximum absolute atomic E-state index is 10.1. The number of nitrogen functional groups attached to an aromatic ring is 1. The molecular weight excluding hydrogens is 394 g/mol. The van der Waals surface area contributed by atoms with Crippen LogP contribution in [0, 0.1) is 0 Å². The molecule has 3 rings (SSSR count). The van der Waals surface area contributed by atoms with Crippen molar-refractivity contribution in [2.75, 3.05) is 11.1 Å². The Kier molecular flexibility index (Phi) is 4.69. The minimum atomic E-state index is -0.115. The largest absolute Gasteiger partial charge is 0.503 e. The van der Waals surface area contributed by atoms with E-state index in [9.17, 15) is 5.11 Å². The summed E-state index contributed by atoms with van der Waals surface area (Å²) in [6.45, 7) is 0. The molecule has 1 heterocycles. The highest BCUT2D eigenvalue weighted by molar-refractivity contribution is 6.40. The lowest BCUT2D eigenvalue weighted by molar-refractivity contribution is 0.477. The molecule has 0 aliphatic heterocycles. The molecule has 0 aliphatic rings. The number of hydrogen-bond acceptors (Lipinski definition) is 4. The highest BCUT2D eigenvalue weighted by Gasteiger charge is 2.16. The summed E-state index contributed by atoms with van der Waals surface area (Å²) in [6.07, 6.45) is 1.36. The number of benzene rings is 2. The van der Waals surface area contributed by atoms with Crippen molar-refractivity contribution in [2.24, 2.45) is 0 Å². The van der Waals surface area contributed by atoms with Crippen LogP contribution in [0.15, 0.2) is 36.5 Å². The van der Waals surface area contributed by atoms with Crippen LogP contribution in [0.2, 0.25) is 20.1 Å². The first-order chi connectivity index (χ1) is 11.3. The van der Waals surface area contributed by atoms with Crippen molar-refractivity contribution in [2.45, 2.75) is 0 Å². The topological polar surface area (TPSA) is 76.1 Å². The van der Waals surface area contributed by atoms with E-state index in [0.29, 0.717) is 37.2 Å². The van der Waals surface area contributed by atoms with Gasteiger partial charge in [-0.1, -0.05) is 46.4 Å². The molecule has 5 nitrogen and oxygen atoms in total. The number of aromatic hydroxyl groups is 1. The zero-order chi connectivity index (χ0) is 17.4. The van der Waals surface area contributed by atoms with E-state index in [-0.39, 0.29) is 11.6 Å². The molecule has 0 aliphatic carbocycles. The molecule has 2 aromatic carbocycles. The van der Waals surface area contributed by atoms with Crippen molar-refractivity contribution in [3.63, 3.8) is 0 Å². The summed E-state index contributed by atoms with van der Waals surface area (Å²) in [6, 6.07) is 8.00. The highest BCUT2D eigenvalue weighted by atomic mass is 35.5. The second-order valence-electron chi connectivity index (χ2n) is 4.89. The van der Waals surface area contributed by atoms with Crippen LogP contribution in [0.1, 0.15) is 0 Å². The smallest absolute Gasteiger partial charge is 0.195 e. The number of anilines is 3. The van der Waals surface area contributed by atoms with Gasteiger partial charge in [0.25, 0.3) is 0 Å². The highest BCUT2D eigenvalue weighted by Crippen LogP contribution is 2.35. The number of aromatic nitrogens is 2. The number of hydrogen-bond donors (Lipinski definition) is 3. The Morgan fingerprint density at radius 1 is 1.00 bits per heavy atom. The monoisotopic (exact) mass is 402 g/mol. The summed E-state index contributed by atoms with van der Waals surface area (Å²) < 4.78 is 1.35. The normalized spacial score (nSPS) is 10.8. The van der Waals surface area contributed by atoms with Crippen LogP contribution >= 0.6 is 46.4 Å². The van der Waals surface area contributed by atoms with E-state index in [2.05, 4.69) is 10.4 Å². The quantitative estimate of drug-likeness (QED) is 0.503. The van der Waals surface area contributed by atoms with Gasteiger partial charge < -0.3 is 16.2 Å². The molecular formula is C15H10Cl4N4O. The van der Waals surface area contributed by atoms with Gasteiger partial charge in [0.2, 0.25) is 0 Å². The minimum absolute atomic E-state index is 0.115. The zero-order valence-electron chi connectivity index (χ0n) is 11.9. The van der Waals surface area contributed by atoms with Crippen molar-refractivity contribution in [1.29, 1.82) is 0 Å². The third kappa shape index (κ3) is 3.35. The number of nitrogens with one attached hydrogen (secondary N) is 1. The predicted octanol–water partition coefficient (Wildman–Crippen LogP) is 5.52. The average molecular weight is 404 g/mol. The van der Waals surface area contributed by atoms with Gasteiger partial charge in [0.1, 0.15) is 5.69 Å². The van der Waals surface area contributed by atoms with Crippen LogP contribution in [-0.4, -0.2) is 14.9 Å². The van der Waals surface area contributed by atoms with E-state index in [1.165, 1.54) is 23.0 Å². The Bertz CT molecular complexity index is 903. The Labute approximate surface area is 157 Å². The van der Waals surface area contributed by atoms with Crippen LogP contribution in [-0.2, 0) is 0 Å². The third-order valence-electron chi connectivity index (χ3n) is 3.15. The van der Waals surface area contributed by atoms with Gasteiger partial charge in [-0.05, 0) is 30.3 Å². The van der Waals surface area contributed by atoms with E-state index >= 15 is 0 Å². The molecule has 0 saturated heterocycles. The summed E-state index contributed by atoms with van der Waals surface area (Å²) in [7, 11) is 0. The van der Waals surface area contributed by atoms with Crippen LogP contribution in [0.4, 0.5) is 17.2 Å². The minimum Gasteiger partial charge on any atom is -0.503 e. The Morgan fingerprint density at radius 3 is 2.33 bits per heavy atom. The van der Waals surface area contributed by atoms with Crippen molar-refractivity contribution >= 4 is 63.6 Å². The second kappa shape index (κ2) is 6.61. The van der Waals surface area contributed by atoms with Crippen molar-refractivity contribution < 1.29 is 5.11 Å². The summed E-state index contributed by atoms with van der Waals surface area (Å²) in [5, 5.41) is 18.7. The average Bonchev–Trinajstić information content (AvgIpc) is 2.82. The molecule has 0 radical (unpaired) electrons. The fraction of sp³-hybridized carbons (Fsp3) is 0. The van der Waals surface area contributed by atoms with Crippen molar-refractivity contribution in [1.82, 2.24) is 9.78 Å². The van der Waals surface area contributed by atoms with Crippen LogP contribution < -0.4 is 11.1 Å². The van der Waals surface area contributed by atoms with Crippen LogP contribution in [0.25, 0.3) is 5.69 Å². The first kappa shape index (κ1) is 17.0. The molecule has 9 heteroatoms. The van der Waals surface area contributed by atoms with Gasteiger partial charge in [0.05, 0.1) is 27.0 Å². The SMILES string of the molecule is Nc1ccc(Cl)c(Nc2nn(-c3c(Cl)cc(Cl)cc3Cl)cc2O)c1. The summed E-state index contributed by atoms with van der Waals surface area (Å²) in [5.74, 6) is 0.0557. The lowest BCUT2D eigenvalue weighted by atomic mass is 10.3. The van der Waals surface area contributed by atoms with Gasteiger partial charge in [-0.3, -0.25) is 0 Å². The molecule has 4 N–H and O–H groups in total.